The Morgan fingerprint density at radius 3 is 2.77 bits per heavy atom. The van der Waals surface area contributed by atoms with Crippen LogP contribution in [0.25, 0.3) is 5.69 Å². The van der Waals surface area contributed by atoms with Gasteiger partial charge in [-0.1, -0.05) is 5.16 Å². The van der Waals surface area contributed by atoms with Gasteiger partial charge in [0.15, 0.2) is 5.69 Å². The van der Waals surface area contributed by atoms with Crippen molar-refractivity contribution in [1.29, 1.82) is 0 Å². The summed E-state index contributed by atoms with van der Waals surface area (Å²) in [6, 6.07) is 9.33. The van der Waals surface area contributed by atoms with Crippen molar-refractivity contribution in [2.75, 3.05) is 0 Å². The lowest BCUT2D eigenvalue weighted by Crippen LogP contribution is -2.23. The normalized spacial score (nSPS) is 10.6. The van der Waals surface area contributed by atoms with E-state index in [-0.39, 0.29) is 24.0 Å². The Morgan fingerprint density at radius 2 is 2.09 bits per heavy atom. The summed E-state index contributed by atoms with van der Waals surface area (Å²) in [4.78, 5) is 11.8. The molecular weight excluding hydrogens is 287 g/mol. The minimum Gasteiger partial charge on any atom is -0.361 e. The van der Waals surface area contributed by atoms with Crippen LogP contribution in [0.3, 0.4) is 0 Å². The number of halogens is 1. The molecule has 22 heavy (non-hydrogen) atoms. The molecule has 3 rings (SSSR count). The van der Waals surface area contributed by atoms with E-state index in [1.165, 1.54) is 12.1 Å². The summed E-state index contributed by atoms with van der Waals surface area (Å²) in [6.07, 6.45) is 1.75. The van der Waals surface area contributed by atoms with Gasteiger partial charge in [-0.25, -0.2) is 9.07 Å². The molecule has 0 atom stereocenters. The second-order valence-corrected chi connectivity index (χ2v) is 4.73. The fourth-order valence-electron chi connectivity index (χ4n) is 1.93. The first-order chi connectivity index (χ1) is 10.6. The van der Waals surface area contributed by atoms with E-state index in [9.17, 15) is 9.18 Å². The Kier molecular flexibility index (Phi) is 3.69. The van der Waals surface area contributed by atoms with Gasteiger partial charge in [-0.15, -0.1) is 0 Å². The topological polar surface area (TPSA) is 73.0 Å². The monoisotopic (exact) mass is 300 g/mol. The first-order valence-electron chi connectivity index (χ1n) is 6.64. The van der Waals surface area contributed by atoms with Crippen LogP contribution in [0, 0.1) is 12.7 Å². The zero-order chi connectivity index (χ0) is 15.5. The molecule has 0 aliphatic rings. The number of carbonyl (C=O) groups excluding carboxylic acids is 1. The van der Waals surface area contributed by atoms with Gasteiger partial charge >= 0.3 is 0 Å². The van der Waals surface area contributed by atoms with Crippen LogP contribution in [0.15, 0.2) is 47.1 Å². The van der Waals surface area contributed by atoms with E-state index in [2.05, 4.69) is 15.6 Å². The summed E-state index contributed by atoms with van der Waals surface area (Å²) in [5.74, 6) is -0.0507. The SMILES string of the molecule is Cc1cc(C(=O)NCc2ccn(-c3ccc(F)cc3)n2)no1. The fourth-order valence-corrected chi connectivity index (χ4v) is 1.93. The smallest absolute Gasteiger partial charge is 0.273 e. The molecule has 0 spiro atoms. The number of hydrogen-bond acceptors (Lipinski definition) is 4. The van der Waals surface area contributed by atoms with E-state index in [1.54, 1.807) is 42.1 Å². The van der Waals surface area contributed by atoms with Crippen molar-refractivity contribution in [2.45, 2.75) is 13.5 Å². The predicted octanol–water partition coefficient (Wildman–Crippen LogP) is 2.24. The number of carbonyl (C=O) groups is 1. The van der Waals surface area contributed by atoms with Gasteiger partial charge in [0.25, 0.3) is 5.91 Å². The summed E-state index contributed by atoms with van der Waals surface area (Å²) < 4.78 is 19.3. The molecule has 0 saturated heterocycles. The molecule has 6 nitrogen and oxygen atoms in total. The third-order valence-electron chi connectivity index (χ3n) is 3.03. The highest BCUT2D eigenvalue weighted by atomic mass is 19.1. The van der Waals surface area contributed by atoms with Crippen molar-refractivity contribution in [3.63, 3.8) is 0 Å². The number of benzene rings is 1. The molecule has 112 valence electrons. The van der Waals surface area contributed by atoms with Gasteiger partial charge in [0, 0.05) is 12.3 Å². The molecule has 2 heterocycles. The lowest BCUT2D eigenvalue weighted by atomic mass is 10.3. The summed E-state index contributed by atoms with van der Waals surface area (Å²) in [6.45, 7) is 1.98. The Balaban J connectivity index is 1.64. The van der Waals surface area contributed by atoms with Crippen LogP contribution in [-0.2, 0) is 6.54 Å². The summed E-state index contributed by atoms with van der Waals surface area (Å²) in [5, 5.41) is 10.7. The Bertz CT molecular complexity index is 792. The molecule has 1 aromatic carbocycles. The standard InChI is InChI=1S/C15H13FN4O2/c1-10-8-14(19-22-10)15(21)17-9-12-6-7-20(18-12)13-4-2-11(16)3-5-13/h2-8H,9H2,1H3,(H,17,21). The van der Waals surface area contributed by atoms with Crippen LogP contribution >= 0.6 is 0 Å². The maximum atomic E-state index is 12.9. The summed E-state index contributed by atoms with van der Waals surface area (Å²) in [7, 11) is 0. The quantitative estimate of drug-likeness (QED) is 0.802. The minimum absolute atomic E-state index is 0.232. The molecule has 0 bridgehead atoms. The number of rotatable bonds is 4. The van der Waals surface area contributed by atoms with E-state index >= 15 is 0 Å². The maximum absolute atomic E-state index is 12.9. The molecule has 3 aromatic rings. The zero-order valence-corrected chi connectivity index (χ0v) is 11.8. The van der Waals surface area contributed by atoms with Crippen LogP contribution in [0.2, 0.25) is 0 Å². The molecule has 1 amide bonds. The fraction of sp³-hybridized carbons (Fsp3) is 0.133. The Morgan fingerprint density at radius 1 is 1.32 bits per heavy atom. The van der Waals surface area contributed by atoms with Crippen molar-refractivity contribution >= 4 is 5.91 Å². The third-order valence-corrected chi connectivity index (χ3v) is 3.03. The third kappa shape index (κ3) is 3.03. The highest BCUT2D eigenvalue weighted by molar-refractivity contribution is 5.92. The number of nitrogens with zero attached hydrogens (tertiary/aromatic N) is 3. The molecule has 7 heteroatoms. The first-order valence-corrected chi connectivity index (χ1v) is 6.64. The Hall–Kier alpha value is -2.96. The summed E-state index contributed by atoms with van der Waals surface area (Å²) >= 11 is 0. The molecule has 0 fully saturated rings. The second-order valence-electron chi connectivity index (χ2n) is 4.73. The largest absolute Gasteiger partial charge is 0.361 e. The average molecular weight is 300 g/mol. The van der Waals surface area contributed by atoms with Crippen LogP contribution < -0.4 is 5.32 Å². The highest BCUT2D eigenvalue weighted by Gasteiger charge is 2.11. The van der Waals surface area contributed by atoms with E-state index < -0.39 is 0 Å². The van der Waals surface area contributed by atoms with Crippen molar-refractivity contribution in [1.82, 2.24) is 20.3 Å². The molecule has 0 saturated carbocycles. The molecule has 0 unspecified atom stereocenters. The van der Waals surface area contributed by atoms with E-state index in [0.29, 0.717) is 11.5 Å². The molecule has 0 radical (unpaired) electrons. The molecule has 0 aliphatic carbocycles. The van der Waals surface area contributed by atoms with Gasteiger partial charge in [-0.05, 0) is 37.3 Å². The Labute approximate surface area is 125 Å². The predicted molar refractivity (Wildman–Crippen MR) is 75.9 cm³/mol. The highest BCUT2D eigenvalue weighted by Crippen LogP contribution is 2.09. The van der Waals surface area contributed by atoms with Crippen LogP contribution in [0.5, 0.6) is 0 Å². The first kappa shape index (κ1) is 14.0. The van der Waals surface area contributed by atoms with E-state index in [4.69, 9.17) is 4.52 Å². The maximum Gasteiger partial charge on any atom is 0.273 e. The molecule has 2 aromatic heterocycles. The molecular formula is C15H13FN4O2. The number of amides is 1. The van der Waals surface area contributed by atoms with Gasteiger partial charge in [0.2, 0.25) is 0 Å². The van der Waals surface area contributed by atoms with Gasteiger partial charge in [-0.2, -0.15) is 5.10 Å². The van der Waals surface area contributed by atoms with Crippen LogP contribution in [0.1, 0.15) is 21.9 Å². The van der Waals surface area contributed by atoms with Crippen molar-refractivity contribution in [3.8, 4) is 5.69 Å². The van der Waals surface area contributed by atoms with Gasteiger partial charge < -0.3 is 9.84 Å². The van der Waals surface area contributed by atoms with Crippen molar-refractivity contribution in [2.24, 2.45) is 0 Å². The van der Waals surface area contributed by atoms with E-state index in [1.807, 2.05) is 0 Å². The van der Waals surface area contributed by atoms with Crippen LogP contribution in [0.4, 0.5) is 4.39 Å². The van der Waals surface area contributed by atoms with Gasteiger partial charge in [-0.3, -0.25) is 4.79 Å². The lowest BCUT2D eigenvalue weighted by molar-refractivity contribution is 0.0941. The minimum atomic E-state index is -0.326. The van der Waals surface area contributed by atoms with E-state index in [0.717, 1.165) is 5.69 Å². The molecule has 0 aliphatic heterocycles. The zero-order valence-electron chi connectivity index (χ0n) is 11.8. The van der Waals surface area contributed by atoms with Gasteiger partial charge in [0.1, 0.15) is 11.6 Å². The lowest BCUT2D eigenvalue weighted by Gasteiger charge is -2.01. The molecule has 1 N–H and O–H groups in total. The van der Waals surface area contributed by atoms with Crippen LogP contribution in [-0.4, -0.2) is 20.8 Å². The number of aryl methyl sites for hydroxylation is 1. The second kappa shape index (κ2) is 5.80. The number of nitrogens with one attached hydrogen (secondary N) is 1. The summed E-state index contributed by atoms with van der Waals surface area (Å²) in [5.41, 5.74) is 1.65. The van der Waals surface area contributed by atoms with Crippen molar-refractivity contribution < 1.29 is 13.7 Å². The number of aromatic nitrogens is 3. The van der Waals surface area contributed by atoms with Crippen molar-refractivity contribution in [3.05, 3.63) is 65.6 Å². The average Bonchev–Trinajstić information content (AvgIpc) is 3.15. The number of hydrogen-bond donors (Lipinski definition) is 1. The van der Waals surface area contributed by atoms with Gasteiger partial charge in [0.05, 0.1) is 17.9 Å².